The van der Waals surface area contributed by atoms with Gasteiger partial charge in [0, 0.05) is 32.2 Å². The molecule has 2 bridgehead atoms. The highest BCUT2D eigenvalue weighted by atomic mass is 19.4. The first-order valence-corrected chi connectivity index (χ1v) is 9.36. The number of alkyl halides is 3. The van der Waals surface area contributed by atoms with E-state index in [1.807, 2.05) is 0 Å². The molecule has 0 aromatic heterocycles. The van der Waals surface area contributed by atoms with Gasteiger partial charge < -0.3 is 10.2 Å². The van der Waals surface area contributed by atoms with Gasteiger partial charge in [-0.1, -0.05) is 12.1 Å². The molecular formula is C19H24F3N3O. The number of nitrogens with one attached hydrogen (secondary N) is 1. The number of hydrogen-bond acceptors (Lipinski definition) is 2. The number of hydrogen-bond donors (Lipinski definition) is 1. The summed E-state index contributed by atoms with van der Waals surface area (Å²) >= 11 is 0. The van der Waals surface area contributed by atoms with Crippen LogP contribution in [0, 0.1) is 11.8 Å². The van der Waals surface area contributed by atoms with Gasteiger partial charge in [-0.25, -0.2) is 4.79 Å². The molecule has 7 heteroatoms. The minimum Gasteiger partial charge on any atom is -0.323 e. The summed E-state index contributed by atoms with van der Waals surface area (Å²) in [6.07, 6.45) is 0.274. The molecule has 4 fully saturated rings. The van der Waals surface area contributed by atoms with Crippen LogP contribution in [0.2, 0.25) is 0 Å². The number of piperidine rings is 1. The second kappa shape index (κ2) is 6.76. The van der Waals surface area contributed by atoms with E-state index in [1.54, 1.807) is 4.90 Å². The second-order valence-corrected chi connectivity index (χ2v) is 7.87. The fraction of sp³-hybridized carbons (Fsp3) is 0.632. The van der Waals surface area contributed by atoms with E-state index >= 15 is 0 Å². The Morgan fingerprint density at radius 3 is 2.58 bits per heavy atom. The van der Waals surface area contributed by atoms with Crippen LogP contribution >= 0.6 is 0 Å². The summed E-state index contributed by atoms with van der Waals surface area (Å²) in [5.41, 5.74) is -0.974. The minimum absolute atomic E-state index is 0.170. The normalized spacial score (nSPS) is 26.7. The van der Waals surface area contributed by atoms with E-state index in [2.05, 4.69) is 10.2 Å². The van der Waals surface area contributed by atoms with Crippen LogP contribution < -0.4 is 5.32 Å². The SMILES string of the molecule is O=C(Nc1ccccc1C(F)(F)F)N1C[C@@H]2CC[C@H](C1)N(CC1CC1)C2. The third-order valence-corrected chi connectivity index (χ3v) is 5.78. The fourth-order valence-electron chi connectivity index (χ4n) is 4.23. The van der Waals surface area contributed by atoms with E-state index in [0.29, 0.717) is 25.0 Å². The van der Waals surface area contributed by atoms with Crippen molar-refractivity contribution in [1.29, 1.82) is 0 Å². The molecule has 26 heavy (non-hydrogen) atoms. The highest BCUT2D eigenvalue weighted by molar-refractivity contribution is 5.90. The number of para-hydroxylation sites is 1. The number of carbonyl (C=O) groups excluding carboxylic acids is 1. The van der Waals surface area contributed by atoms with Crippen molar-refractivity contribution in [1.82, 2.24) is 9.80 Å². The Hall–Kier alpha value is -1.76. The molecular weight excluding hydrogens is 343 g/mol. The topological polar surface area (TPSA) is 35.6 Å². The molecule has 3 heterocycles. The molecule has 1 aromatic carbocycles. The average Bonchev–Trinajstić information content (AvgIpc) is 3.42. The lowest BCUT2D eigenvalue weighted by Gasteiger charge is -2.36. The smallest absolute Gasteiger partial charge is 0.323 e. The van der Waals surface area contributed by atoms with E-state index in [-0.39, 0.29) is 5.69 Å². The zero-order valence-corrected chi connectivity index (χ0v) is 14.6. The lowest BCUT2D eigenvalue weighted by atomic mass is 9.95. The maximum atomic E-state index is 13.1. The molecule has 4 nitrogen and oxygen atoms in total. The van der Waals surface area contributed by atoms with Crippen molar-refractivity contribution in [3.63, 3.8) is 0 Å². The third-order valence-electron chi connectivity index (χ3n) is 5.78. The van der Waals surface area contributed by atoms with Gasteiger partial charge in [-0.3, -0.25) is 4.90 Å². The molecule has 1 aromatic rings. The number of amides is 2. The van der Waals surface area contributed by atoms with Crippen molar-refractivity contribution in [3.8, 4) is 0 Å². The molecule has 3 saturated heterocycles. The average molecular weight is 367 g/mol. The van der Waals surface area contributed by atoms with E-state index in [1.165, 1.54) is 31.0 Å². The summed E-state index contributed by atoms with van der Waals surface area (Å²) in [7, 11) is 0. The Bertz CT molecular complexity index is 674. The van der Waals surface area contributed by atoms with Gasteiger partial charge >= 0.3 is 12.2 Å². The fourth-order valence-corrected chi connectivity index (χ4v) is 4.23. The number of carbonyl (C=O) groups is 1. The summed E-state index contributed by atoms with van der Waals surface area (Å²) in [5.74, 6) is 1.21. The number of anilines is 1. The van der Waals surface area contributed by atoms with Crippen LogP contribution in [0.25, 0.3) is 0 Å². The summed E-state index contributed by atoms with van der Waals surface area (Å²) in [4.78, 5) is 16.9. The van der Waals surface area contributed by atoms with E-state index in [0.717, 1.165) is 37.9 Å². The summed E-state index contributed by atoms with van der Waals surface area (Å²) in [6.45, 7) is 3.33. The molecule has 2 atom stereocenters. The maximum Gasteiger partial charge on any atom is 0.418 e. The van der Waals surface area contributed by atoms with Gasteiger partial charge in [0.15, 0.2) is 0 Å². The van der Waals surface area contributed by atoms with Crippen molar-refractivity contribution < 1.29 is 18.0 Å². The van der Waals surface area contributed by atoms with Gasteiger partial charge in [-0.2, -0.15) is 13.2 Å². The number of rotatable bonds is 3. The van der Waals surface area contributed by atoms with Gasteiger partial charge in [-0.05, 0) is 49.7 Å². The molecule has 0 radical (unpaired) electrons. The zero-order chi connectivity index (χ0) is 18.3. The maximum absolute atomic E-state index is 13.1. The van der Waals surface area contributed by atoms with Crippen LogP contribution in [-0.4, -0.2) is 48.1 Å². The van der Waals surface area contributed by atoms with Crippen LogP contribution in [0.5, 0.6) is 0 Å². The highest BCUT2D eigenvalue weighted by Crippen LogP contribution is 2.36. The van der Waals surface area contributed by atoms with E-state index in [4.69, 9.17) is 0 Å². The van der Waals surface area contributed by atoms with Crippen LogP contribution in [0.4, 0.5) is 23.7 Å². The van der Waals surface area contributed by atoms with Crippen LogP contribution in [-0.2, 0) is 6.18 Å². The first kappa shape index (κ1) is 17.6. The van der Waals surface area contributed by atoms with Crippen LogP contribution in [0.3, 0.4) is 0 Å². The molecule has 1 N–H and O–H groups in total. The Morgan fingerprint density at radius 1 is 1.08 bits per heavy atom. The number of nitrogens with zero attached hydrogens (tertiary/aromatic N) is 2. The van der Waals surface area contributed by atoms with Crippen molar-refractivity contribution in [2.24, 2.45) is 11.8 Å². The third kappa shape index (κ3) is 3.82. The molecule has 1 aliphatic carbocycles. The lowest BCUT2D eigenvalue weighted by molar-refractivity contribution is -0.136. The van der Waals surface area contributed by atoms with Gasteiger partial charge in [0.1, 0.15) is 0 Å². The standard InChI is InChI=1S/C19H24F3N3O/c20-19(21,22)16-3-1-2-4-17(16)23-18(26)25-11-14-7-8-15(12-25)24(10-14)9-13-5-6-13/h1-4,13-15H,5-12H2,(H,23,26)/t14-,15-/m1/s1. The molecule has 1 saturated carbocycles. The van der Waals surface area contributed by atoms with Gasteiger partial charge in [-0.15, -0.1) is 0 Å². The van der Waals surface area contributed by atoms with Crippen molar-refractivity contribution in [2.45, 2.75) is 37.9 Å². The van der Waals surface area contributed by atoms with Gasteiger partial charge in [0.2, 0.25) is 0 Å². The second-order valence-electron chi connectivity index (χ2n) is 7.87. The first-order valence-electron chi connectivity index (χ1n) is 9.36. The molecule has 142 valence electrons. The minimum atomic E-state index is -4.48. The van der Waals surface area contributed by atoms with E-state index in [9.17, 15) is 18.0 Å². The molecule has 0 unspecified atom stereocenters. The number of benzene rings is 1. The predicted molar refractivity (Wildman–Crippen MR) is 92.8 cm³/mol. The molecule has 2 amide bonds. The number of fused-ring (bicyclic) bond motifs is 4. The quantitative estimate of drug-likeness (QED) is 0.875. The monoisotopic (exact) mass is 367 g/mol. The molecule has 3 aliphatic heterocycles. The molecule has 5 rings (SSSR count). The molecule has 4 aliphatic rings. The largest absolute Gasteiger partial charge is 0.418 e. The number of urea groups is 1. The van der Waals surface area contributed by atoms with E-state index < -0.39 is 17.8 Å². The van der Waals surface area contributed by atoms with Crippen molar-refractivity contribution in [3.05, 3.63) is 29.8 Å². The number of halogens is 3. The van der Waals surface area contributed by atoms with Crippen molar-refractivity contribution in [2.75, 3.05) is 31.5 Å². The highest BCUT2D eigenvalue weighted by Gasteiger charge is 2.39. The summed E-state index contributed by atoms with van der Waals surface area (Å²) in [5, 5.41) is 2.50. The summed E-state index contributed by atoms with van der Waals surface area (Å²) < 4.78 is 39.4. The Morgan fingerprint density at radius 2 is 1.85 bits per heavy atom. The summed E-state index contributed by atoms with van der Waals surface area (Å²) in [6, 6.07) is 5.06. The van der Waals surface area contributed by atoms with Gasteiger partial charge in [0.05, 0.1) is 11.3 Å². The molecule has 0 spiro atoms. The van der Waals surface area contributed by atoms with Gasteiger partial charge in [0.25, 0.3) is 0 Å². The zero-order valence-electron chi connectivity index (χ0n) is 14.6. The van der Waals surface area contributed by atoms with Crippen molar-refractivity contribution >= 4 is 11.7 Å². The Labute approximate surface area is 151 Å². The van der Waals surface area contributed by atoms with Crippen LogP contribution in [0.1, 0.15) is 31.2 Å². The predicted octanol–water partition coefficient (Wildman–Crippen LogP) is 4.04. The first-order chi connectivity index (χ1) is 12.4. The lowest BCUT2D eigenvalue weighted by Crippen LogP contribution is -2.45. The Kier molecular flexibility index (Phi) is 4.59. The van der Waals surface area contributed by atoms with Crippen LogP contribution in [0.15, 0.2) is 24.3 Å². The Balaban J connectivity index is 1.46.